The zero-order chi connectivity index (χ0) is 23.5. The number of nitrogen functional groups attached to an aromatic ring is 1. The lowest BCUT2D eigenvalue weighted by Crippen LogP contribution is -2.17. The molecular formula is C24H26ClN5O2S. The second-order valence-corrected chi connectivity index (χ2v) is 9.43. The normalized spacial score (nSPS) is 12.3. The van der Waals surface area contributed by atoms with Crippen molar-refractivity contribution < 1.29 is 9.47 Å². The topological polar surface area (TPSA) is 88.1 Å². The minimum Gasteiger partial charge on any atom is -0.497 e. The molecule has 0 spiro atoms. The van der Waals surface area contributed by atoms with Crippen molar-refractivity contribution in [2.45, 2.75) is 36.4 Å². The predicted octanol–water partition coefficient (Wildman–Crippen LogP) is 5.62. The number of ether oxygens (including phenoxy) is 2. The zero-order valence-corrected chi connectivity index (χ0v) is 20.5. The molecule has 172 valence electrons. The number of hydrogen-bond donors (Lipinski definition) is 1. The van der Waals surface area contributed by atoms with Crippen molar-refractivity contribution in [2.24, 2.45) is 5.92 Å². The van der Waals surface area contributed by atoms with Crippen LogP contribution in [0, 0.1) is 5.92 Å². The first-order valence-corrected chi connectivity index (χ1v) is 11.7. The molecule has 0 aromatic heterocycles. The Morgan fingerprint density at radius 1 is 1.06 bits per heavy atom. The van der Waals surface area contributed by atoms with E-state index in [2.05, 4.69) is 35.9 Å². The number of nitrogens with zero attached hydrogens (tertiary/aromatic N) is 4. The maximum Gasteiger partial charge on any atom is 0.195 e. The van der Waals surface area contributed by atoms with Crippen LogP contribution in [-0.2, 0) is 6.54 Å². The molecule has 2 aliphatic rings. The van der Waals surface area contributed by atoms with Crippen LogP contribution in [-0.4, -0.2) is 33.7 Å². The van der Waals surface area contributed by atoms with Gasteiger partial charge in [-0.2, -0.15) is 0 Å². The Morgan fingerprint density at radius 3 is 2.48 bits per heavy atom. The number of aromatic nitrogens is 4. The number of hydrogen-bond acceptors (Lipinski definition) is 7. The molecule has 2 aromatic rings. The lowest BCUT2D eigenvalue weighted by atomic mass is 9.88. The second-order valence-electron chi connectivity index (χ2n) is 7.98. The molecule has 0 amide bonds. The lowest BCUT2D eigenvalue weighted by molar-refractivity contribution is 0.394. The van der Waals surface area contributed by atoms with Crippen LogP contribution in [0.5, 0.6) is 11.5 Å². The molecule has 0 radical (unpaired) electrons. The Morgan fingerprint density at radius 2 is 1.82 bits per heavy atom. The number of fused-ring (bicyclic) bond motifs is 1. The van der Waals surface area contributed by atoms with Gasteiger partial charge in [0.2, 0.25) is 0 Å². The van der Waals surface area contributed by atoms with Crippen LogP contribution in [0.1, 0.15) is 25.3 Å². The van der Waals surface area contributed by atoms with E-state index in [1.54, 1.807) is 20.5 Å². The van der Waals surface area contributed by atoms with Gasteiger partial charge in [0.1, 0.15) is 11.5 Å². The van der Waals surface area contributed by atoms with E-state index in [1.807, 2.05) is 34.9 Å². The second kappa shape index (κ2) is 9.89. The molecule has 2 heterocycles. The minimum absolute atomic E-state index is 0.243. The highest BCUT2D eigenvalue weighted by Gasteiger charge is 2.24. The van der Waals surface area contributed by atoms with Gasteiger partial charge in [0.15, 0.2) is 22.5 Å². The third kappa shape index (κ3) is 5.02. The fraction of sp³-hybridized carbons (Fsp3) is 0.292. The molecule has 0 bridgehead atoms. The van der Waals surface area contributed by atoms with Crippen molar-refractivity contribution in [1.82, 2.24) is 19.5 Å². The SMILES string of the molecule is COc1ccc(OC)c(Sc2nc3c(N)ncn(CC(c4ccc(Cl)cc4)C(C)C)c-3n2)c1. The van der Waals surface area contributed by atoms with Gasteiger partial charge in [0, 0.05) is 17.5 Å². The molecule has 33 heavy (non-hydrogen) atoms. The van der Waals surface area contributed by atoms with Crippen LogP contribution in [0.2, 0.25) is 5.02 Å². The summed E-state index contributed by atoms with van der Waals surface area (Å²) in [5.74, 6) is 3.14. The molecule has 0 aliphatic carbocycles. The van der Waals surface area contributed by atoms with Gasteiger partial charge in [-0.05, 0) is 53.6 Å². The van der Waals surface area contributed by atoms with Gasteiger partial charge in [-0.1, -0.05) is 37.6 Å². The summed E-state index contributed by atoms with van der Waals surface area (Å²) in [5, 5.41) is 1.29. The first kappa shape index (κ1) is 23.2. The summed E-state index contributed by atoms with van der Waals surface area (Å²) in [7, 11) is 3.26. The maximum absolute atomic E-state index is 6.16. The van der Waals surface area contributed by atoms with Crippen molar-refractivity contribution in [2.75, 3.05) is 20.0 Å². The van der Waals surface area contributed by atoms with E-state index >= 15 is 0 Å². The third-order valence-electron chi connectivity index (χ3n) is 5.54. The van der Waals surface area contributed by atoms with E-state index in [9.17, 15) is 0 Å². The first-order chi connectivity index (χ1) is 15.9. The molecule has 1 atom stereocenters. The molecule has 2 aliphatic heterocycles. The Labute approximate surface area is 202 Å². The van der Waals surface area contributed by atoms with E-state index in [-0.39, 0.29) is 5.92 Å². The summed E-state index contributed by atoms with van der Waals surface area (Å²) in [6.07, 6.45) is 1.73. The van der Waals surface area contributed by atoms with E-state index in [0.717, 1.165) is 21.4 Å². The van der Waals surface area contributed by atoms with Crippen molar-refractivity contribution >= 4 is 29.2 Å². The van der Waals surface area contributed by atoms with Crippen LogP contribution < -0.4 is 15.2 Å². The van der Waals surface area contributed by atoms with Gasteiger partial charge in [-0.15, -0.1) is 0 Å². The minimum atomic E-state index is 0.243. The average Bonchev–Trinajstić information content (AvgIpc) is 3.24. The van der Waals surface area contributed by atoms with Crippen LogP contribution in [0.15, 0.2) is 58.8 Å². The number of methoxy groups -OCH3 is 2. The maximum atomic E-state index is 6.16. The van der Waals surface area contributed by atoms with E-state index in [0.29, 0.717) is 35.0 Å². The number of halogens is 1. The highest BCUT2D eigenvalue weighted by atomic mass is 35.5. The molecule has 0 saturated heterocycles. The molecule has 0 saturated carbocycles. The molecule has 0 fully saturated rings. The number of nitrogens with two attached hydrogens (primary N) is 1. The van der Waals surface area contributed by atoms with E-state index < -0.39 is 0 Å². The van der Waals surface area contributed by atoms with Gasteiger partial charge < -0.3 is 19.8 Å². The smallest absolute Gasteiger partial charge is 0.195 e. The summed E-state index contributed by atoms with van der Waals surface area (Å²) in [4.78, 5) is 14.7. The first-order valence-electron chi connectivity index (χ1n) is 10.5. The van der Waals surface area contributed by atoms with Crippen LogP contribution >= 0.6 is 23.4 Å². The largest absolute Gasteiger partial charge is 0.497 e. The molecular weight excluding hydrogens is 458 g/mol. The summed E-state index contributed by atoms with van der Waals surface area (Å²) >= 11 is 7.49. The van der Waals surface area contributed by atoms with Crippen molar-refractivity contribution in [3.05, 3.63) is 59.4 Å². The number of rotatable bonds is 8. The highest BCUT2D eigenvalue weighted by molar-refractivity contribution is 7.99. The molecule has 1 unspecified atom stereocenters. The van der Waals surface area contributed by atoms with Crippen molar-refractivity contribution in [3.8, 4) is 23.0 Å². The summed E-state index contributed by atoms with van der Waals surface area (Å²) in [6, 6.07) is 13.6. The lowest BCUT2D eigenvalue weighted by Gasteiger charge is -2.24. The van der Waals surface area contributed by atoms with E-state index in [1.165, 1.54) is 17.3 Å². The summed E-state index contributed by atoms with van der Waals surface area (Å²) in [6.45, 7) is 5.10. The third-order valence-corrected chi connectivity index (χ3v) is 6.70. The highest BCUT2D eigenvalue weighted by Crippen LogP contribution is 2.39. The average molecular weight is 484 g/mol. The van der Waals surface area contributed by atoms with Gasteiger partial charge in [0.25, 0.3) is 0 Å². The van der Waals surface area contributed by atoms with Crippen LogP contribution in [0.4, 0.5) is 5.82 Å². The fourth-order valence-corrected chi connectivity index (χ4v) is 4.72. The Balaban J connectivity index is 1.69. The fourth-order valence-electron chi connectivity index (χ4n) is 3.70. The number of benzene rings is 2. The zero-order valence-electron chi connectivity index (χ0n) is 18.9. The molecule has 2 N–H and O–H groups in total. The van der Waals surface area contributed by atoms with Crippen molar-refractivity contribution in [1.29, 1.82) is 0 Å². The van der Waals surface area contributed by atoms with Crippen molar-refractivity contribution in [3.63, 3.8) is 0 Å². The predicted molar refractivity (Wildman–Crippen MR) is 132 cm³/mol. The molecule has 4 rings (SSSR count). The Bertz CT molecular complexity index is 1210. The van der Waals surface area contributed by atoms with Gasteiger partial charge in [-0.25, -0.2) is 15.0 Å². The van der Waals surface area contributed by atoms with Gasteiger partial charge in [-0.3, -0.25) is 0 Å². The van der Waals surface area contributed by atoms with E-state index in [4.69, 9.17) is 31.8 Å². The van der Waals surface area contributed by atoms with Gasteiger partial charge >= 0.3 is 0 Å². The molecule has 2 aromatic carbocycles. The molecule has 7 nitrogen and oxygen atoms in total. The number of imidazole rings is 1. The Kier molecular flexibility index (Phi) is 6.95. The van der Waals surface area contributed by atoms with Gasteiger partial charge in [0.05, 0.1) is 25.4 Å². The summed E-state index contributed by atoms with van der Waals surface area (Å²) < 4.78 is 12.9. The Hall–Kier alpha value is -2.97. The number of anilines is 1. The standard InChI is InChI=1S/C24H26ClN5O2S/c1-14(2)18(15-5-7-16(25)8-6-15)12-30-13-27-22(26)21-23(30)29-24(28-21)33-20-11-17(31-3)9-10-19(20)32-4/h5-11,13-14,18H,12,26H2,1-4H3. The monoisotopic (exact) mass is 483 g/mol. The van der Waals surface area contributed by atoms with Crippen LogP contribution in [0.25, 0.3) is 11.5 Å². The molecule has 9 heteroatoms. The quantitative estimate of drug-likeness (QED) is 0.348. The van der Waals surface area contributed by atoms with Crippen LogP contribution in [0.3, 0.4) is 0 Å². The summed E-state index contributed by atoms with van der Waals surface area (Å²) in [5.41, 5.74) is 7.95.